The summed E-state index contributed by atoms with van der Waals surface area (Å²) in [6.45, 7) is 5.05. The van der Waals surface area contributed by atoms with Gasteiger partial charge >= 0.3 is 0 Å². The van der Waals surface area contributed by atoms with Crippen molar-refractivity contribution in [3.63, 3.8) is 0 Å². The van der Waals surface area contributed by atoms with Crippen molar-refractivity contribution in [1.29, 1.82) is 0 Å². The van der Waals surface area contributed by atoms with Crippen molar-refractivity contribution in [3.05, 3.63) is 59.5 Å². The number of hydrogen-bond donors (Lipinski definition) is 0. The number of aryl methyl sites for hydroxylation is 1. The Morgan fingerprint density at radius 1 is 1.15 bits per heavy atom. The summed E-state index contributed by atoms with van der Waals surface area (Å²) in [5, 5.41) is 4.10. The van der Waals surface area contributed by atoms with Gasteiger partial charge in [0.15, 0.2) is 0 Å². The highest BCUT2D eigenvalue weighted by atomic mass is 16.5. The van der Waals surface area contributed by atoms with Gasteiger partial charge in [-0.05, 0) is 36.5 Å². The van der Waals surface area contributed by atoms with Gasteiger partial charge in [-0.3, -0.25) is 4.79 Å². The summed E-state index contributed by atoms with van der Waals surface area (Å²) in [5.41, 5.74) is 3.18. The van der Waals surface area contributed by atoms with Crippen LogP contribution in [0.4, 0.5) is 0 Å². The smallest absolute Gasteiger partial charge is 0.227 e. The molecule has 0 spiro atoms. The SMILES string of the molecule is COc1ccc(C2CCCN2C(=O)CCc2nc(-c3ccc(C(C)C)cc3)no2)c(OC)c1. The van der Waals surface area contributed by atoms with Gasteiger partial charge in [-0.25, -0.2) is 0 Å². The van der Waals surface area contributed by atoms with E-state index < -0.39 is 0 Å². The third kappa shape index (κ3) is 5.02. The van der Waals surface area contributed by atoms with Crippen molar-refractivity contribution >= 4 is 5.91 Å². The van der Waals surface area contributed by atoms with Crippen LogP contribution < -0.4 is 9.47 Å². The summed E-state index contributed by atoms with van der Waals surface area (Å²) >= 11 is 0. The average Bonchev–Trinajstić information content (AvgIpc) is 3.52. The van der Waals surface area contributed by atoms with Crippen LogP contribution in [0.2, 0.25) is 0 Å². The molecular formula is C26H31N3O4. The van der Waals surface area contributed by atoms with Gasteiger partial charge in [-0.15, -0.1) is 0 Å². The summed E-state index contributed by atoms with van der Waals surface area (Å²) in [4.78, 5) is 19.5. The van der Waals surface area contributed by atoms with E-state index in [2.05, 4.69) is 36.1 Å². The molecule has 0 N–H and O–H groups in total. The van der Waals surface area contributed by atoms with Crippen molar-refractivity contribution in [2.24, 2.45) is 0 Å². The monoisotopic (exact) mass is 449 g/mol. The third-order valence-electron chi connectivity index (χ3n) is 6.23. The maximum absolute atomic E-state index is 13.1. The lowest BCUT2D eigenvalue weighted by Gasteiger charge is -2.26. The molecule has 1 aliphatic rings. The van der Waals surface area contributed by atoms with E-state index in [0.717, 1.165) is 42.0 Å². The zero-order valence-electron chi connectivity index (χ0n) is 19.7. The predicted octanol–water partition coefficient (Wildman–Crippen LogP) is 5.17. The van der Waals surface area contributed by atoms with Crippen LogP contribution >= 0.6 is 0 Å². The van der Waals surface area contributed by atoms with E-state index in [9.17, 15) is 4.79 Å². The Labute approximate surface area is 194 Å². The number of likely N-dealkylation sites (tertiary alicyclic amines) is 1. The van der Waals surface area contributed by atoms with E-state index in [1.807, 2.05) is 35.2 Å². The molecule has 0 radical (unpaired) electrons. The van der Waals surface area contributed by atoms with Gasteiger partial charge in [0.2, 0.25) is 17.6 Å². The number of aromatic nitrogens is 2. The molecule has 1 amide bonds. The fourth-order valence-electron chi connectivity index (χ4n) is 4.33. The largest absolute Gasteiger partial charge is 0.497 e. The highest BCUT2D eigenvalue weighted by molar-refractivity contribution is 5.77. The molecule has 2 heterocycles. The maximum atomic E-state index is 13.1. The number of benzene rings is 2. The van der Waals surface area contributed by atoms with Crippen molar-refractivity contribution in [3.8, 4) is 22.9 Å². The lowest BCUT2D eigenvalue weighted by molar-refractivity contribution is -0.132. The first kappa shape index (κ1) is 22.8. The Balaban J connectivity index is 1.41. The molecule has 1 unspecified atom stereocenters. The fourth-order valence-corrected chi connectivity index (χ4v) is 4.33. The molecule has 1 fully saturated rings. The van der Waals surface area contributed by atoms with Crippen molar-refractivity contribution in [1.82, 2.24) is 15.0 Å². The Hall–Kier alpha value is -3.35. The van der Waals surface area contributed by atoms with Gasteiger partial charge < -0.3 is 18.9 Å². The number of methoxy groups -OCH3 is 2. The molecule has 0 saturated carbocycles. The third-order valence-corrected chi connectivity index (χ3v) is 6.23. The molecule has 7 nitrogen and oxygen atoms in total. The number of ether oxygens (including phenoxy) is 2. The molecule has 0 bridgehead atoms. The van der Waals surface area contributed by atoms with Crippen LogP contribution in [0.25, 0.3) is 11.4 Å². The van der Waals surface area contributed by atoms with Crippen LogP contribution in [0.15, 0.2) is 47.0 Å². The van der Waals surface area contributed by atoms with Crippen molar-refractivity contribution < 1.29 is 18.8 Å². The Bertz CT molecular complexity index is 1090. The van der Waals surface area contributed by atoms with Crippen LogP contribution in [-0.2, 0) is 11.2 Å². The number of carbonyl (C=O) groups excluding carboxylic acids is 1. The van der Waals surface area contributed by atoms with Crippen LogP contribution in [0.5, 0.6) is 11.5 Å². The zero-order chi connectivity index (χ0) is 23.4. The number of nitrogens with zero attached hydrogens (tertiary/aromatic N) is 3. The summed E-state index contributed by atoms with van der Waals surface area (Å²) in [6, 6.07) is 13.9. The van der Waals surface area contributed by atoms with Crippen LogP contribution in [0, 0.1) is 0 Å². The van der Waals surface area contributed by atoms with Gasteiger partial charge in [-0.1, -0.05) is 43.3 Å². The lowest BCUT2D eigenvalue weighted by atomic mass is 10.0. The summed E-state index contributed by atoms with van der Waals surface area (Å²) < 4.78 is 16.3. The van der Waals surface area contributed by atoms with Gasteiger partial charge in [-0.2, -0.15) is 4.98 Å². The highest BCUT2D eigenvalue weighted by Gasteiger charge is 2.32. The Morgan fingerprint density at radius 3 is 2.64 bits per heavy atom. The molecule has 174 valence electrons. The standard InChI is InChI=1S/C26H31N3O4/c1-17(2)18-7-9-19(10-8-18)26-27-24(33-28-26)13-14-25(30)29-15-5-6-22(29)21-12-11-20(31-3)16-23(21)32-4/h7-12,16-17,22H,5-6,13-15H2,1-4H3. The average molecular weight is 450 g/mol. The first-order valence-electron chi connectivity index (χ1n) is 11.4. The molecule has 0 aliphatic carbocycles. The minimum Gasteiger partial charge on any atom is -0.497 e. The minimum absolute atomic E-state index is 0.00364. The molecule has 1 aromatic heterocycles. The Kier molecular flexibility index (Phi) is 6.96. The van der Waals surface area contributed by atoms with E-state index in [1.54, 1.807) is 14.2 Å². The molecule has 3 aromatic rings. The molecular weight excluding hydrogens is 418 g/mol. The molecule has 1 aliphatic heterocycles. The molecule has 2 aromatic carbocycles. The zero-order valence-corrected chi connectivity index (χ0v) is 19.7. The molecule has 1 saturated heterocycles. The number of rotatable bonds is 8. The highest BCUT2D eigenvalue weighted by Crippen LogP contribution is 2.39. The molecule has 4 rings (SSSR count). The van der Waals surface area contributed by atoms with Gasteiger partial charge in [0, 0.05) is 36.6 Å². The van der Waals surface area contributed by atoms with Crippen LogP contribution in [0.3, 0.4) is 0 Å². The number of carbonyl (C=O) groups is 1. The van der Waals surface area contributed by atoms with Gasteiger partial charge in [0.25, 0.3) is 0 Å². The van der Waals surface area contributed by atoms with Crippen LogP contribution in [0.1, 0.15) is 62.1 Å². The second-order valence-corrected chi connectivity index (χ2v) is 8.64. The topological polar surface area (TPSA) is 77.7 Å². The van der Waals surface area contributed by atoms with E-state index in [1.165, 1.54) is 5.56 Å². The lowest BCUT2D eigenvalue weighted by Crippen LogP contribution is -2.31. The summed E-state index contributed by atoms with van der Waals surface area (Å²) in [7, 11) is 3.27. The van der Waals surface area contributed by atoms with Crippen molar-refractivity contribution in [2.45, 2.75) is 51.5 Å². The second-order valence-electron chi connectivity index (χ2n) is 8.64. The fraction of sp³-hybridized carbons (Fsp3) is 0.423. The first-order chi connectivity index (χ1) is 16.0. The van der Waals surface area contributed by atoms with Crippen molar-refractivity contribution in [2.75, 3.05) is 20.8 Å². The Morgan fingerprint density at radius 2 is 1.94 bits per heavy atom. The van der Waals surface area contributed by atoms with E-state index in [4.69, 9.17) is 14.0 Å². The normalized spacial score (nSPS) is 15.8. The van der Waals surface area contributed by atoms with E-state index >= 15 is 0 Å². The molecule has 7 heteroatoms. The van der Waals surface area contributed by atoms with Gasteiger partial charge in [0.05, 0.1) is 20.3 Å². The van der Waals surface area contributed by atoms with E-state index in [-0.39, 0.29) is 11.9 Å². The van der Waals surface area contributed by atoms with Gasteiger partial charge in [0.1, 0.15) is 11.5 Å². The molecule has 1 atom stereocenters. The minimum atomic E-state index is -0.00364. The quantitative estimate of drug-likeness (QED) is 0.472. The van der Waals surface area contributed by atoms with Crippen LogP contribution in [-0.4, -0.2) is 41.7 Å². The molecule has 33 heavy (non-hydrogen) atoms. The second kappa shape index (κ2) is 10.1. The predicted molar refractivity (Wildman–Crippen MR) is 125 cm³/mol. The number of amides is 1. The van der Waals surface area contributed by atoms with E-state index in [0.29, 0.717) is 30.5 Å². The summed E-state index contributed by atoms with van der Waals surface area (Å²) in [6.07, 6.45) is 2.61. The first-order valence-corrected chi connectivity index (χ1v) is 11.4. The maximum Gasteiger partial charge on any atom is 0.227 e. The summed E-state index contributed by atoms with van der Waals surface area (Å²) in [5.74, 6) is 3.05. The number of hydrogen-bond acceptors (Lipinski definition) is 6.